The summed E-state index contributed by atoms with van der Waals surface area (Å²) in [7, 11) is 3.22. The van der Waals surface area contributed by atoms with Crippen molar-refractivity contribution in [2.24, 2.45) is 0 Å². The smallest absolute Gasteiger partial charge is 0.208 e. The molecule has 0 bridgehead atoms. The summed E-state index contributed by atoms with van der Waals surface area (Å²) in [5.41, 5.74) is 1.48. The van der Waals surface area contributed by atoms with E-state index in [1.54, 1.807) is 7.11 Å². The lowest BCUT2D eigenvalue weighted by Crippen LogP contribution is -2.16. The van der Waals surface area contributed by atoms with E-state index in [9.17, 15) is 4.79 Å². The molecule has 1 N–H and O–H groups in total. The number of carbonyl (C=O) groups is 1. The van der Waals surface area contributed by atoms with E-state index < -0.39 is 0 Å². The minimum absolute atomic E-state index is 0.0417. The maximum Gasteiger partial charge on any atom is 0.208 e. The normalized spacial score (nSPS) is 10.0. The third kappa shape index (κ3) is 23.1. The van der Waals surface area contributed by atoms with E-state index >= 15 is 0 Å². The third-order valence-electron chi connectivity index (χ3n) is 2.81. The van der Waals surface area contributed by atoms with Crippen LogP contribution in [0.25, 0.3) is 0 Å². The average molecular weight is 420 g/mol. The van der Waals surface area contributed by atoms with Gasteiger partial charge in [-0.15, -0.1) is 0 Å². The van der Waals surface area contributed by atoms with Crippen LogP contribution in [0.1, 0.15) is 46.1 Å². The first-order chi connectivity index (χ1) is 11.8. The number of rotatable bonds is 8. The Balaban J connectivity index is 0. The summed E-state index contributed by atoms with van der Waals surface area (Å²) < 4.78 is 15.3. The zero-order chi connectivity index (χ0) is 19.6. The largest absolute Gasteiger partial charge is 0.379 e. The zero-order valence-electron chi connectivity index (χ0n) is 16.4. The maximum absolute atomic E-state index is 9.54. The number of carbonyl (C=O) groups excluding carboxylic acids is 1. The average Bonchev–Trinajstić information content (AvgIpc) is 2.59. The van der Waals surface area contributed by atoms with Crippen molar-refractivity contribution in [2.75, 3.05) is 27.7 Å². The maximum atomic E-state index is 9.54. The second kappa shape index (κ2) is 17.9. The Kier molecular flexibility index (Phi) is 18.8. The second-order valence-corrected chi connectivity index (χ2v) is 7.04. The Morgan fingerprint density at radius 1 is 1.16 bits per heavy atom. The molecular formula is C19H34BrNO4. The SMILES string of the molecule is CCCCc1ccc(Br)cc1.COC(C)(C)C.COCOCNC=O. The molecule has 6 heteroatoms. The number of hydrogen-bond donors (Lipinski definition) is 1. The van der Waals surface area contributed by atoms with Crippen molar-refractivity contribution in [3.05, 3.63) is 34.3 Å². The molecule has 1 rings (SSSR count). The van der Waals surface area contributed by atoms with Gasteiger partial charge in [-0.3, -0.25) is 4.79 Å². The molecule has 0 aromatic heterocycles. The van der Waals surface area contributed by atoms with Gasteiger partial charge in [0.1, 0.15) is 13.5 Å². The molecule has 0 radical (unpaired) electrons. The highest BCUT2D eigenvalue weighted by Crippen LogP contribution is 2.12. The Labute approximate surface area is 161 Å². The highest BCUT2D eigenvalue weighted by molar-refractivity contribution is 9.10. The molecule has 1 aromatic rings. The highest BCUT2D eigenvalue weighted by Gasteiger charge is 2.04. The Morgan fingerprint density at radius 3 is 2.12 bits per heavy atom. The number of halogens is 1. The minimum Gasteiger partial charge on any atom is -0.379 e. The summed E-state index contributed by atoms with van der Waals surface area (Å²) in [6, 6.07) is 8.56. The first-order valence-corrected chi connectivity index (χ1v) is 9.13. The van der Waals surface area contributed by atoms with E-state index in [2.05, 4.69) is 61.9 Å². The van der Waals surface area contributed by atoms with Crippen LogP contribution in [0.5, 0.6) is 0 Å². The van der Waals surface area contributed by atoms with Crippen molar-refractivity contribution >= 4 is 22.3 Å². The fourth-order valence-corrected chi connectivity index (χ4v) is 1.51. The summed E-state index contributed by atoms with van der Waals surface area (Å²) in [6.45, 7) is 8.70. The molecule has 0 fully saturated rings. The minimum atomic E-state index is 0.0417. The van der Waals surface area contributed by atoms with Gasteiger partial charge in [0.2, 0.25) is 6.41 Å². The third-order valence-corrected chi connectivity index (χ3v) is 3.34. The van der Waals surface area contributed by atoms with Crippen LogP contribution in [0.4, 0.5) is 0 Å². The summed E-state index contributed by atoms with van der Waals surface area (Å²) in [5.74, 6) is 0. The van der Waals surface area contributed by atoms with Crippen LogP contribution in [0.2, 0.25) is 0 Å². The molecule has 5 nitrogen and oxygen atoms in total. The van der Waals surface area contributed by atoms with Crippen LogP contribution in [-0.2, 0) is 25.4 Å². The Morgan fingerprint density at radius 2 is 1.72 bits per heavy atom. The molecule has 0 atom stereocenters. The number of ether oxygens (including phenoxy) is 3. The number of nitrogens with one attached hydrogen (secondary N) is 1. The van der Waals surface area contributed by atoms with Gasteiger partial charge in [0.15, 0.2) is 0 Å². The predicted molar refractivity (Wildman–Crippen MR) is 107 cm³/mol. The van der Waals surface area contributed by atoms with Gasteiger partial charge in [-0.2, -0.15) is 0 Å². The fraction of sp³-hybridized carbons (Fsp3) is 0.632. The quantitative estimate of drug-likeness (QED) is 0.381. The van der Waals surface area contributed by atoms with E-state index in [1.165, 1.54) is 31.9 Å². The molecule has 1 aromatic carbocycles. The van der Waals surface area contributed by atoms with E-state index in [0.29, 0.717) is 6.41 Å². The number of unbranched alkanes of at least 4 members (excludes halogenated alkanes) is 1. The summed E-state index contributed by atoms with van der Waals surface area (Å²) >= 11 is 3.41. The molecule has 0 aliphatic heterocycles. The monoisotopic (exact) mass is 419 g/mol. The number of hydrogen-bond acceptors (Lipinski definition) is 4. The van der Waals surface area contributed by atoms with Gasteiger partial charge in [0.25, 0.3) is 0 Å². The molecule has 0 aliphatic carbocycles. The summed E-state index contributed by atoms with van der Waals surface area (Å²) in [5, 5.41) is 2.30. The predicted octanol–water partition coefficient (Wildman–Crippen LogP) is 4.53. The van der Waals surface area contributed by atoms with Crippen molar-refractivity contribution in [1.82, 2.24) is 5.32 Å². The molecule has 25 heavy (non-hydrogen) atoms. The van der Waals surface area contributed by atoms with Gasteiger partial charge in [0, 0.05) is 18.7 Å². The van der Waals surface area contributed by atoms with Gasteiger partial charge < -0.3 is 19.5 Å². The molecule has 0 spiro atoms. The van der Waals surface area contributed by atoms with E-state index in [0.717, 1.165) is 4.47 Å². The molecule has 0 unspecified atom stereocenters. The molecule has 0 saturated heterocycles. The number of methoxy groups -OCH3 is 2. The number of aryl methyl sites for hydroxylation is 1. The summed E-state index contributed by atoms with van der Waals surface area (Å²) in [4.78, 5) is 9.54. The molecule has 1 amide bonds. The number of benzene rings is 1. The molecular weight excluding hydrogens is 386 g/mol. The van der Waals surface area contributed by atoms with Crippen molar-refractivity contribution < 1.29 is 19.0 Å². The Hall–Kier alpha value is -0.950. The lowest BCUT2D eigenvalue weighted by molar-refractivity contribution is -0.112. The lowest BCUT2D eigenvalue weighted by Gasteiger charge is -2.14. The van der Waals surface area contributed by atoms with Crippen LogP contribution >= 0.6 is 15.9 Å². The van der Waals surface area contributed by atoms with Crippen LogP contribution in [0, 0.1) is 0 Å². The number of amides is 1. The molecule has 146 valence electrons. The van der Waals surface area contributed by atoms with E-state index in [1.807, 2.05) is 20.8 Å². The van der Waals surface area contributed by atoms with Gasteiger partial charge in [0.05, 0.1) is 5.60 Å². The van der Waals surface area contributed by atoms with Crippen molar-refractivity contribution in [1.29, 1.82) is 0 Å². The van der Waals surface area contributed by atoms with Crippen LogP contribution in [0.3, 0.4) is 0 Å². The van der Waals surface area contributed by atoms with Crippen LogP contribution in [0.15, 0.2) is 28.7 Å². The van der Waals surface area contributed by atoms with Crippen molar-refractivity contribution in [3.8, 4) is 0 Å². The van der Waals surface area contributed by atoms with Crippen LogP contribution < -0.4 is 5.32 Å². The first kappa shape index (κ1) is 26.3. The first-order valence-electron chi connectivity index (χ1n) is 8.34. The van der Waals surface area contributed by atoms with E-state index in [4.69, 9.17) is 4.74 Å². The second-order valence-electron chi connectivity index (χ2n) is 6.12. The molecule has 0 heterocycles. The standard InChI is InChI=1S/C10H13Br.C5H12O.C4H9NO3/c1-2-3-4-9-5-7-10(11)8-6-9;1-5(2,3)6-4;1-7-4-8-3-5-2-6/h5-8H,2-4H2,1H3;1-4H3;2H,3-4H2,1H3,(H,5,6). The zero-order valence-corrected chi connectivity index (χ0v) is 18.0. The topological polar surface area (TPSA) is 56.8 Å². The highest BCUT2D eigenvalue weighted by atomic mass is 79.9. The van der Waals surface area contributed by atoms with Crippen LogP contribution in [-0.4, -0.2) is 39.8 Å². The Bertz CT molecular complexity index is 405. The van der Waals surface area contributed by atoms with E-state index in [-0.39, 0.29) is 19.1 Å². The van der Waals surface area contributed by atoms with Crippen molar-refractivity contribution in [2.45, 2.75) is 52.6 Å². The lowest BCUT2D eigenvalue weighted by atomic mass is 10.1. The molecule has 0 aliphatic rings. The van der Waals surface area contributed by atoms with Gasteiger partial charge in [-0.05, 0) is 51.3 Å². The van der Waals surface area contributed by atoms with Crippen molar-refractivity contribution in [3.63, 3.8) is 0 Å². The van der Waals surface area contributed by atoms with Gasteiger partial charge >= 0.3 is 0 Å². The van der Waals surface area contributed by atoms with Gasteiger partial charge in [-0.1, -0.05) is 41.4 Å². The molecule has 0 saturated carbocycles. The van der Waals surface area contributed by atoms with Gasteiger partial charge in [-0.25, -0.2) is 0 Å². The fourth-order valence-electron chi connectivity index (χ4n) is 1.25. The summed E-state index contributed by atoms with van der Waals surface area (Å²) in [6.07, 6.45) is 4.34.